The van der Waals surface area contributed by atoms with Crippen LogP contribution in [-0.2, 0) is 14.4 Å². The number of benzene rings is 3. The van der Waals surface area contributed by atoms with Crippen LogP contribution in [0.5, 0.6) is 0 Å². The lowest BCUT2D eigenvalue weighted by Gasteiger charge is -1.91. The van der Waals surface area contributed by atoms with Crippen molar-refractivity contribution >= 4 is 94.7 Å². The molecule has 0 spiro atoms. The van der Waals surface area contributed by atoms with Gasteiger partial charge in [0, 0.05) is 24.4 Å². The van der Waals surface area contributed by atoms with E-state index in [0.29, 0.717) is 0 Å². The van der Waals surface area contributed by atoms with Crippen molar-refractivity contribution in [3.8, 4) is 0 Å². The monoisotopic (exact) mass is 721 g/mol. The molecule has 1 N–H and O–H groups in total. The van der Waals surface area contributed by atoms with Crippen LogP contribution < -0.4 is 0 Å². The van der Waals surface area contributed by atoms with Crippen LogP contribution in [0.2, 0.25) is 0 Å². The van der Waals surface area contributed by atoms with E-state index in [1.807, 2.05) is 72.8 Å². The summed E-state index contributed by atoms with van der Waals surface area (Å²) in [6.45, 7) is 0. The molecule has 38 heavy (non-hydrogen) atoms. The molecule has 0 heterocycles. The lowest BCUT2D eigenvalue weighted by Crippen LogP contribution is -1.85. The van der Waals surface area contributed by atoms with E-state index in [9.17, 15) is 14.4 Å². The Morgan fingerprint density at radius 1 is 0.684 bits per heavy atom. The van der Waals surface area contributed by atoms with Crippen molar-refractivity contribution in [2.75, 3.05) is 0 Å². The summed E-state index contributed by atoms with van der Waals surface area (Å²) in [6, 6.07) is 22.4. The smallest absolute Gasteiger partial charge is 0.328 e. The second kappa shape index (κ2) is 18.9. The van der Waals surface area contributed by atoms with Gasteiger partial charge in [-0.2, -0.15) is 0 Å². The quantitative estimate of drug-likeness (QED) is 0.0897. The van der Waals surface area contributed by atoms with E-state index in [2.05, 4.69) is 57.8 Å². The van der Waals surface area contributed by atoms with E-state index in [-0.39, 0.29) is 0 Å². The van der Waals surface area contributed by atoms with Crippen LogP contribution in [0.25, 0.3) is 28.7 Å². The molecule has 7 nitrogen and oxygen atoms in total. The van der Waals surface area contributed by atoms with Gasteiger partial charge in [-0.25, -0.2) is 4.79 Å². The molecular weight excluding hydrogens is 705 g/mol. The number of carbonyl (C=O) groups excluding carboxylic acids is 2. The zero-order valence-corrected chi connectivity index (χ0v) is 24.9. The summed E-state index contributed by atoms with van der Waals surface area (Å²) in [5, 5.41) is 10.8. The number of carbonyl (C=O) groups is 3. The number of carboxylic acid groups (broad SMARTS) is 1. The molecule has 0 aliphatic carbocycles. The molecule has 1 amide bonds. The van der Waals surface area contributed by atoms with Crippen molar-refractivity contribution in [1.29, 1.82) is 0 Å². The predicted molar refractivity (Wildman–Crippen MR) is 162 cm³/mol. The molecular formula is C27H19Br3ClN3O4. The number of halogens is 4. The number of allylic oxidation sites excluding steroid dienone is 1. The third-order valence-electron chi connectivity index (χ3n) is 4.00. The van der Waals surface area contributed by atoms with Gasteiger partial charge >= 0.3 is 5.97 Å². The number of amides is 1. The van der Waals surface area contributed by atoms with E-state index in [0.717, 1.165) is 36.2 Å². The summed E-state index contributed by atoms with van der Waals surface area (Å²) in [5.74, 6) is -1.53. The first-order valence-corrected chi connectivity index (χ1v) is 13.2. The molecule has 0 bridgehead atoms. The summed E-state index contributed by atoms with van der Waals surface area (Å²) in [4.78, 5) is 33.6. The summed E-state index contributed by atoms with van der Waals surface area (Å²) in [7, 11) is 0. The highest BCUT2D eigenvalue weighted by atomic mass is 79.9. The van der Waals surface area contributed by atoms with Gasteiger partial charge in [0.1, 0.15) is 0 Å². The standard InChI is InChI=1S/C9H6BrClO.C9H6BrN3O.C9H7BrO2/c10-8-4-1-7(2-5-8)3-6-9(11)12;10-8-4-1-7(2-5-8)3-6-9(14)12-13-11;10-8-4-1-7(2-5-8)3-6-9(11)12/h1-6H;1-6H;1-6H,(H,11,12)/b3*6-3+. The first kappa shape index (κ1) is 32.8. The Bertz CT molecular complexity index is 1280. The molecule has 0 aliphatic heterocycles. The molecule has 0 saturated carbocycles. The second-order valence-corrected chi connectivity index (χ2v) is 9.94. The number of carboxylic acids is 1. The maximum absolute atomic E-state index is 10.8. The van der Waals surface area contributed by atoms with E-state index < -0.39 is 17.1 Å². The highest BCUT2D eigenvalue weighted by Gasteiger charge is 1.91. The molecule has 3 rings (SSSR count). The van der Waals surface area contributed by atoms with Crippen molar-refractivity contribution in [2.24, 2.45) is 5.11 Å². The lowest BCUT2D eigenvalue weighted by molar-refractivity contribution is -0.131. The number of hydrogen-bond acceptors (Lipinski definition) is 3. The molecule has 0 aliphatic rings. The fourth-order valence-corrected chi connectivity index (χ4v) is 3.15. The summed E-state index contributed by atoms with van der Waals surface area (Å²) in [5.41, 5.74) is 10.7. The third kappa shape index (κ3) is 16.5. The Labute approximate surface area is 249 Å². The van der Waals surface area contributed by atoms with Crippen molar-refractivity contribution in [3.05, 3.63) is 132 Å². The number of rotatable bonds is 6. The molecule has 0 saturated heterocycles. The van der Waals surface area contributed by atoms with Gasteiger partial charge in [0.2, 0.25) is 11.1 Å². The van der Waals surface area contributed by atoms with Crippen LogP contribution >= 0.6 is 59.4 Å². The van der Waals surface area contributed by atoms with Crippen LogP contribution in [0, 0.1) is 0 Å². The molecule has 0 radical (unpaired) electrons. The molecule has 0 fully saturated rings. The molecule has 11 heteroatoms. The van der Waals surface area contributed by atoms with Gasteiger partial charge in [-0.05, 0) is 93.6 Å². The van der Waals surface area contributed by atoms with Crippen molar-refractivity contribution < 1.29 is 19.5 Å². The maximum Gasteiger partial charge on any atom is 0.328 e. The molecule has 0 aromatic heterocycles. The Morgan fingerprint density at radius 2 is 1.03 bits per heavy atom. The number of hydrogen-bond donors (Lipinski definition) is 1. The third-order valence-corrected chi connectivity index (χ3v) is 5.71. The number of nitrogens with zero attached hydrogens (tertiary/aromatic N) is 3. The molecule has 3 aromatic rings. The fraction of sp³-hybridized carbons (Fsp3) is 0. The predicted octanol–water partition coefficient (Wildman–Crippen LogP) is 9.07. The largest absolute Gasteiger partial charge is 0.478 e. The fourth-order valence-electron chi connectivity index (χ4n) is 2.30. The van der Waals surface area contributed by atoms with Gasteiger partial charge in [-0.15, -0.1) is 0 Å². The van der Waals surface area contributed by atoms with Crippen LogP contribution in [0.1, 0.15) is 16.7 Å². The van der Waals surface area contributed by atoms with Gasteiger partial charge in [-0.1, -0.05) is 96.3 Å². The summed E-state index contributed by atoms with van der Waals surface area (Å²) >= 11 is 15.0. The average molecular weight is 725 g/mol. The van der Waals surface area contributed by atoms with Crippen LogP contribution in [0.3, 0.4) is 0 Å². The Hall–Kier alpha value is -3.27. The maximum atomic E-state index is 10.8. The van der Waals surface area contributed by atoms with Gasteiger partial charge in [0.05, 0.1) is 0 Å². The second-order valence-electron chi connectivity index (χ2n) is 6.82. The Morgan fingerprint density at radius 3 is 1.34 bits per heavy atom. The normalized spacial score (nSPS) is 10.2. The first-order valence-electron chi connectivity index (χ1n) is 10.4. The molecule has 0 atom stereocenters. The zero-order chi connectivity index (χ0) is 28.3. The Kier molecular flexibility index (Phi) is 16.3. The minimum absolute atomic E-state index is 0.460. The van der Waals surface area contributed by atoms with Crippen molar-refractivity contribution in [2.45, 2.75) is 0 Å². The van der Waals surface area contributed by atoms with Gasteiger partial charge in [-0.3, -0.25) is 9.59 Å². The van der Waals surface area contributed by atoms with E-state index >= 15 is 0 Å². The van der Waals surface area contributed by atoms with Gasteiger partial charge in [0.25, 0.3) is 0 Å². The van der Waals surface area contributed by atoms with Crippen LogP contribution in [0.4, 0.5) is 0 Å². The molecule has 0 unspecified atom stereocenters. The van der Waals surface area contributed by atoms with E-state index in [4.69, 9.17) is 22.2 Å². The number of aliphatic carboxylic acids is 1. The first-order chi connectivity index (χ1) is 18.1. The van der Waals surface area contributed by atoms with Crippen LogP contribution in [0.15, 0.2) is 110 Å². The highest BCUT2D eigenvalue weighted by molar-refractivity contribution is 9.11. The Balaban J connectivity index is 0.000000286. The number of azide groups is 1. The molecule has 3 aromatic carbocycles. The zero-order valence-electron chi connectivity index (χ0n) is 19.4. The SMILES string of the molecule is O=C(Cl)/C=C/c1ccc(Br)cc1.O=C(O)/C=C/c1ccc(Br)cc1.[N-]=[N+]=NC(=O)/C=C/c1ccc(Br)cc1. The molecule has 194 valence electrons. The minimum Gasteiger partial charge on any atom is -0.478 e. The van der Waals surface area contributed by atoms with E-state index in [1.165, 1.54) is 12.2 Å². The lowest BCUT2D eigenvalue weighted by atomic mass is 10.2. The van der Waals surface area contributed by atoms with Crippen molar-refractivity contribution in [1.82, 2.24) is 0 Å². The van der Waals surface area contributed by atoms with Crippen LogP contribution in [-0.4, -0.2) is 22.2 Å². The minimum atomic E-state index is -0.932. The highest BCUT2D eigenvalue weighted by Crippen LogP contribution is 2.13. The average Bonchev–Trinajstić information content (AvgIpc) is 2.88. The van der Waals surface area contributed by atoms with Crippen molar-refractivity contribution in [3.63, 3.8) is 0 Å². The topological polar surface area (TPSA) is 120 Å². The van der Waals surface area contributed by atoms with Gasteiger partial charge < -0.3 is 5.11 Å². The summed E-state index contributed by atoms with van der Waals surface area (Å²) < 4.78 is 2.96. The van der Waals surface area contributed by atoms with E-state index in [1.54, 1.807) is 18.2 Å². The summed E-state index contributed by atoms with van der Waals surface area (Å²) in [6.07, 6.45) is 8.47. The van der Waals surface area contributed by atoms with Gasteiger partial charge in [0.15, 0.2) is 0 Å².